The topological polar surface area (TPSA) is 12.0 Å². The largest absolute Gasteiger partial charge is 0.310 e. The van der Waals surface area contributed by atoms with Crippen LogP contribution in [0.25, 0.3) is 0 Å². The number of nitrogens with one attached hydrogen (secondary N) is 1. The van der Waals surface area contributed by atoms with Gasteiger partial charge in [0.1, 0.15) is 5.82 Å². The standard InChI is InChI=1S/C12H16FN/c1-9-6-10(8-11(13)7-9)12-4-2-3-5-14-12/h6-8,12,14H,2-5H2,1H3/t12-/m1/s1. The van der Waals surface area contributed by atoms with Gasteiger partial charge in [-0.25, -0.2) is 4.39 Å². The van der Waals surface area contributed by atoms with Crippen LogP contribution in [-0.4, -0.2) is 6.54 Å². The van der Waals surface area contributed by atoms with Gasteiger partial charge in [-0.1, -0.05) is 12.5 Å². The summed E-state index contributed by atoms with van der Waals surface area (Å²) in [5.41, 5.74) is 2.11. The highest BCUT2D eigenvalue weighted by Crippen LogP contribution is 2.24. The van der Waals surface area contributed by atoms with Crippen molar-refractivity contribution in [1.82, 2.24) is 5.32 Å². The average Bonchev–Trinajstić information content (AvgIpc) is 2.18. The summed E-state index contributed by atoms with van der Waals surface area (Å²) in [5, 5.41) is 3.42. The van der Waals surface area contributed by atoms with Gasteiger partial charge >= 0.3 is 0 Å². The van der Waals surface area contributed by atoms with Crippen molar-refractivity contribution in [3.05, 3.63) is 35.1 Å². The number of rotatable bonds is 1. The Morgan fingerprint density at radius 2 is 2.14 bits per heavy atom. The van der Waals surface area contributed by atoms with E-state index in [0.717, 1.165) is 24.1 Å². The van der Waals surface area contributed by atoms with Crippen molar-refractivity contribution in [2.24, 2.45) is 0 Å². The predicted octanol–water partition coefficient (Wildman–Crippen LogP) is 2.95. The zero-order chi connectivity index (χ0) is 9.97. The van der Waals surface area contributed by atoms with E-state index >= 15 is 0 Å². The third kappa shape index (κ3) is 2.13. The highest BCUT2D eigenvalue weighted by molar-refractivity contribution is 5.26. The molecule has 0 aromatic heterocycles. The molecule has 2 rings (SSSR count). The maximum Gasteiger partial charge on any atom is 0.123 e. The molecule has 0 radical (unpaired) electrons. The number of hydrogen-bond donors (Lipinski definition) is 1. The van der Waals surface area contributed by atoms with E-state index in [-0.39, 0.29) is 5.82 Å². The second-order valence-electron chi connectivity index (χ2n) is 4.06. The van der Waals surface area contributed by atoms with Crippen molar-refractivity contribution in [2.75, 3.05) is 6.54 Å². The molecular formula is C12H16FN. The van der Waals surface area contributed by atoms with Crippen LogP contribution in [0.3, 0.4) is 0 Å². The fourth-order valence-corrected chi connectivity index (χ4v) is 2.10. The Bertz CT molecular complexity index is 296. The number of piperidine rings is 1. The molecule has 76 valence electrons. The SMILES string of the molecule is Cc1cc(F)cc([C@H]2CCCCN2)c1. The zero-order valence-electron chi connectivity index (χ0n) is 8.52. The lowest BCUT2D eigenvalue weighted by Gasteiger charge is -2.24. The van der Waals surface area contributed by atoms with E-state index in [2.05, 4.69) is 11.4 Å². The van der Waals surface area contributed by atoms with Crippen LogP contribution in [0.4, 0.5) is 4.39 Å². The number of halogens is 1. The number of aryl methyl sites for hydroxylation is 1. The van der Waals surface area contributed by atoms with Crippen LogP contribution in [0.15, 0.2) is 18.2 Å². The van der Waals surface area contributed by atoms with E-state index in [1.54, 1.807) is 12.1 Å². The molecule has 1 aliphatic heterocycles. The summed E-state index contributed by atoms with van der Waals surface area (Å²) in [4.78, 5) is 0. The summed E-state index contributed by atoms with van der Waals surface area (Å²) in [6, 6.07) is 5.66. The minimum absolute atomic E-state index is 0.118. The Hall–Kier alpha value is -0.890. The van der Waals surface area contributed by atoms with Gasteiger partial charge in [0.05, 0.1) is 0 Å². The van der Waals surface area contributed by atoms with E-state index in [4.69, 9.17) is 0 Å². The first-order chi connectivity index (χ1) is 6.75. The number of benzene rings is 1. The highest BCUT2D eigenvalue weighted by Gasteiger charge is 2.15. The summed E-state index contributed by atoms with van der Waals surface area (Å²) < 4.78 is 13.2. The second kappa shape index (κ2) is 4.09. The van der Waals surface area contributed by atoms with Gasteiger partial charge in [-0.3, -0.25) is 0 Å². The Morgan fingerprint density at radius 1 is 1.29 bits per heavy atom. The first-order valence-corrected chi connectivity index (χ1v) is 5.26. The Morgan fingerprint density at radius 3 is 2.79 bits per heavy atom. The maximum absolute atomic E-state index is 13.2. The minimum Gasteiger partial charge on any atom is -0.310 e. The predicted molar refractivity (Wildman–Crippen MR) is 55.7 cm³/mol. The van der Waals surface area contributed by atoms with Crippen molar-refractivity contribution in [3.8, 4) is 0 Å². The third-order valence-corrected chi connectivity index (χ3v) is 2.78. The minimum atomic E-state index is -0.118. The molecule has 1 N–H and O–H groups in total. The van der Waals surface area contributed by atoms with E-state index in [1.807, 2.05) is 6.92 Å². The molecule has 14 heavy (non-hydrogen) atoms. The molecule has 0 unspecified atom stereocenters. The fraction of sp³-hybridized carbons (Fsp3) is 0.500. The first-order valence-electron chi connectivity index (χ1n) is 5.26. The molecular weight excluding hydrogens is 177 g/mol. The quantitative estimate of drug-likeness (QED) is 0.723. The molecule has 1 aromatic rings. The lowest BCUT2D eigenvalue weighted by Crippen LogP contribution is -2.26. The molecule has 0 aliphatic carbocycles. The van der Waals surface area contributed by atoms with Crippen LogP contribution in [-0.2, 0) is 0 Å². The van der Waals surface area contributed by atoms with Gasteiger partial charge in [0.25, 0.3) is 0 Å². The summed E-state index contributed by atoms with van der Waals surface area (Å²) in [7, 11) is 0. The van der Waals surface area contributed by atoms with Crippen LogP contribution in [0.5, 0.6) is 0 Å². The van der Waals surface area contributed by atoms with Crippen LogP contribution < -0.4 is 5.32 Å². The lowest BCUT2D eigenvalue weighted by molar-refractivity contribution is 0.411. The molecule has 0 spiro atoms. The van der Waals surface area contributed by atoms with E-state index < -0.39 is 0 Å². The van der Waals surface area contributed by atoms with Crippen LogP contribution in [0.1, 0.15) is 36.4 Å². The van der Waals surface area contributed by atoms with Crippen molar-refractivity contribution >= 4 is 0 Å². The molecule has 1 heterocycles. The van der Waals surface area contributed by atoms with Gasteiger partial charge in [0.15, 0.2) is 0 Å². The molecule has 2 heteroatoms. The molecule has 1 aromatic carbocycles. The van der Waals surface area contributed by atoms with Gasteiger partial charge in [-0.15, -0.1) is 0 Å². The highest BCUT2D eigenvalue weighted by atomic mass is 19.1. The van der Waals surface area contributed by atoms with Crippen LogP contribution >= 0.6 is 0 Å². The third-order valence-electron chi connectivity index (χ3n) is 2.78. The fourth-order valence-electron chi connectivity index (χ4n) is 2.10. The molecule has 1 fully saturated rings. The molecule has 1 nitrogen and oxygen atoms in total. The molecule has 1 atom stereocenters. The van der Waals surface area contributed by atoms with Crippen LogP contribution in [0.2, 0.25) is 0 Å². The summed E-state index contributed by atoms with van der Waals surface area (Å²) >= 11 is 0. The Labute approximate surface area is 84.3 Å². The van der Waals surface area contributed by atoms with Gasteiger partial charge in [0.2, 0.25) is 0 Å². The van der Waals surface area contributed by atoms with Crippen molar-refractivity contribution < 1.29 is 4.39 Å². The molecule has 0 amide bonds. The molecule has 1 aliphatic rings. The van der Waals surface area contributed by atoms with Crippen molar-refractivity contribution in [3.63, 3.8) is 0 Å². The van der Waals surface area contributed by atoms with E-state index in [0.29, 0.717) is 6.04 Å². The van der Waals surface area contributed by atoms with Gasteiger partial charge in [0, 0.05) is 6.04 Å². The number of hydrogen-bond acceptors (Lipinski definition) is 1. The van der Waals surface area contributed by atoms with Gasteiger partial charge < -0.3 is 5.32 Å². The second-order valence-corrected chi connectivity index (χ2v) is 4.06. The Balaban J connectivity index is 2.21. The van der Waals surface area contributed by atoms with E-state index in [1.165, 1.54) is 12.8 Å². The smallest absolute Gasteiger partial charge is 0.123 e. The monoisotopic (exact) mass is 193 g/mol. The summed E-state index contributed by atoms with van der Waals surface area (Å²) in [6.45, 7) is 3.00. The van der Waals surface area contributed by atoms with Crippen molar-refractivity contribution in [2.45, 2.75) is 32.2 Å². The molecule has 0 bridgehead atoms. The van der Waals surface area contributed by atoms with Crippen LogP contribution in [0, 0.1) is 12.7 Å². The summed E-state index contributed by atoms with van der Waals surface area (Å²) in [6.07, 6.45) is 3.61. The van der Waals surface area contributed by atoms with E-state index in [9.17, 15) is 4.39 Å². The molecule has 0 saturated carbocycles. The van der Waals surface area contributed by atoms with Gasteiger partial charge in [-0.05, 0) is 49.6 Å². The Kier molecular flexibility index (Phi) is 2.82. The summed E-state index contributed by atoms with van der Waals surface area (Å²) in [5.74, 6) is -0.118. The lowest BCUT2D eigenvalue weighted by atomic mass is 9.96. The normalized spacial score (nSPS) is 22.3. The maximum atomic E-state index is 13.2. The average molecular weight is 193 g/mol. The zero-order valence-corrected chi connectivity index (χ0v) is 8.52. The van der Waals surface area contributed by atoms with Gasteiger partial charge in [-0.2, -0.15) is 0 Å². The first kappa shape index (κ1) is 9.66. The molecule has 1 saturated heterocycles. The van der Waals surface area contributed by atoms with Crippen molar-refractivity contribution in [1.29, 1.82) is 0 Å².